The fourth-order valence-electron chi connectivity index (χ4n) is 10.5. The number of halogens is 3. The number of aromatic nitrogens is 5. The molecule has 0 bridgehead atoms. The zero-order valence-corrected chi connectivity index (χ0v) is 38.4. The Morgan fingerprint density at radius 3 is 2.51 bits per heavy atom. The van der Waals surface area contributed by atoms with Gasteiger partial charge in [-0.05, 0) is 78.9 Å². The monoisotopic (exact) mass is 960 g/mol. The number of piperazine rings is 1. The Labute approximate surface area is 397 Å². The number of urea groups is 1. The molecule has 3 fully saturated rings. The first-order chi connectivity index (χ1) is 33.3. The van der Waals surface area contributed by atoms with Gasteiger partial charge in [-0.15, -0.1) is 11.3 Å². The number of rotatable bonds is 10. The van der Waals surface area contributed by atoms with Crippen molar-refractivity contribution >= 4 is 68.5 Å². The number of carbonyl (C=O) groups excluding carboxylic acids is 5. The van der Waals surface area contributed by atoms with E-state index in [1.54, 1.807) is 58.8 Å². The molecule has 5 aliphatic heterocycles. The Morgan fingerprint density at radius 2 is 1.75 bits per heavy atom. The molecule has 69 heavy (non-hydrogen) atoms. The van der Waals surface area contributed by atoms with E-state index >= 15 is 13.2 Å². The summed E-state index contributed by atoms with van der Waals surface area (Å²) in [7, 11) is 1.68. The maximum Gasteiger partial charge on any atom is 0.329 e. The highest BCUT2D eigenvalue weighted by molar-refractivity contribution is 7.13. The van der Waals surface area contributed by atoms with Crippen LogP contribution in [-0.4, -0.2) is 127 Å². The van der Waals surface area contributed by atoms with Gasteiger partial charge in [0.1, 0.15) is 5.82 Å². The molecule has 6 amide bonds. The van der Waals surface area contributed by atoms with E-state index in [0.29, 0.717) is 83.4 Å². The van der Waals surface area contributed by atoms with Crippen LogP contribution in [0.15, 0.2) is 72.5 Å². The molecular formula is C48H47F3N12O5S. The molecule has 6 aromatic rings. The van der Waals surface area contributed by atoms with Gasteiger partial charge in [0, 0.05) is 92.2 Å². The number of hydrogen-bond acceptors (Lipinski definition) is 11. The van der Waals surface area contributed by atoms with Crippen LogP contribution in [0.3, 0.4) is 0 Å². The minimum Gasteiger partial charge on any atom is -0.368 e. The van der Waals surface area contributed by atoms with Gasteiger partial charge in [-0.3, -0.25) is 44.3 Å². The molecule has 1 unspecified atom stereocenters. The summed E-state index contributed by atoms with van der Waals surface area (Å²) >= 11 is 1.26. The molecule has 11 rings (SSSR count). The minimum atomic E-state index is -3.11. The summed E-state index contributed by atoms with van der Waals surface area (Å²) < 4.78 is 51.4. The number of benzene rings is 3. The first-order valence-electron chi connectivity index (χ1n) is 23.0. The molecule has 0 spiro atoms. The zero-order chi connectivity index (χ0) is 47.7. The highest BCUT2D eigenvalue weighted by Crippen LogP contribution is 2.43. The van der Waals surface area contributed by atoms with Crippen LogP contribution in [0.4, 0.5) is 34.6 Å². The number of fused-ring (bicyclic) bond motifs is 3. The molecule has 0 aliphatic carbocycles. The number of likely N-dealkylation sites (tertiary alicyclic amines) is 1. The fraction of sp³-hybridized carbons (Fsp3) is 0.375. The molecule has 3 aromatic heterocycles. The summed E-state index contributed by atoms with van der Waals surface area (Å²) in [5, 5.41) is 12.3. The van der Waals surface area contributed by atoms with Gasteiger partial charge in [0.25, 0.3) is 17.7 Å². The molecule has 17 nitrogen and oxygen atoms in total. The summed E-state index contributed by atoms with van der Waals surface area (Å²) in [5.41, 5.74) is 4.91. The minimum absolute atomic E-state index is 0.0943. The number of alkyl halides is 2. The molecule has 2 N–H and O–H groups in total. The van der Waals surface area contributed by atoms with Crippen LogP contribution in [-0.2, 0) is 40.9 Å². The topological polar surface area (TPSA) is 174 Å². The van der Waals surface area contributed by atoms with Crippen molar-refractivity contribution in [3.8, 4) is 11.1 Å². The maximum atomic E-state index is 16.0. The molecule has 21 heteroatoms. The van der Waals surface area contributed by atoms with Crippen molar-refractivity contribution in [2.45, 2.75) is 56.7 Å². The third-order valence-electron chi connectivity index (χ3n) is 14.1. The quantitative estimate of drug-likeness (QED) is 0.178. The molecular weight excluding hydrogens is 914 g/mol. The first kappa shape index (κ1) is 44.4. The third kappa shape index (κ3) is 8.15. The number of thiazole rings is 1. The number of carbonyl (C=O) groups is 5. The van der Waals surface area contributed by atoms with Gasteiger partial charge >= 0.3 is 6.03 Å². The van der Waals surface area contributed by atoms with E-state index in [0.717, 1.165) is 24.3 Å². The van der Waals surface area contributed by atoms with Gasteiger partial charge in [0.05, 0.1) is 43.1 Å². The Bertz CT molecular complexity index is 3040. The van der Waals surface area contributed by atoms with Crippen LogP contribution >= 0.6 is 11.3 Å². The Balaban J connectivity index is 0.705. The second-order valence-corrected chi connectivity index (χ2v) is 19.1. The van der Waals surface area contributed by atoms with Crippen LogP contribution in [0, 0.1) is 5.82 Å². The van der Waals surface area contributed by atoms with E-state index in [1.807, 2.05) is 28.8 Å². The molecule has 8 heterocycles. The Morgan fingerprint density at radius 1 is 0.942 bits per heavy atom. The fourth-order valence-corrected chi connectivity index (χ4v) is 11.1. The van der Waals surface area contributed by atoms with E-state index in [-0.39, 0.29) is 55.4 Å². The zero-order valence-electron chi connectivity index (χ0n) is 37.5. The lowest BCUT2D eigenvalue weighted by atomic mass is 9.85. The number of anilines is 3. The SMILES string of the molecule is Cn1nc(N2CCC(=O)NC2=O)c2ccc([C@@H]3CCN(CC(=O)N4CCN(c5ccc(-c6cc(F)c7c(c6)C(=O)N(C(C(=O)Nc6nccs6)c6ncn8c6CCC8)C7)cc5)CC4)CC3(F)F)cc21. The van der Waals surface area contributed by atoms with Crippen molar-refractivity contribution in [1.82, 2.24) is 44.3 Å². The molecule has 5 aliphatic rings. The maximum absolute atomic E-state index is 16.0. The van der Waals surface area contributed by atoms with Crippen molar-refractivity contribution in [2.24, 2.45) is 7.05 Å². The molecule has 3 aromatic carbocycles. The second kappa shape index (κ2) is 17.4. The lowest BCUT2D eigenvalue weighted by Crippen LogP contribution is -2.54. The molecule has 0 radical (unpaired) electrons. The van der Waals surface area contributed by atoms with Crippen molar-refractivity contribution in [3.63, 3.8) is 0 Å². The summed E-state index contributed by atoms with van der Waals surface area (Å²) in [6, 6.07) is 14.0. The first-order valence-corrected chi connectivity index (χ1v) is 23.9. The third-order valence-corrected chi connectivity index (χ3v) is 14.8. The van der Waals surface area contributed by atoms with Crippen molar-refractivity contribution in [3.05, 3.63) is 106 Å². The smallest absolute Gasteiger partial charge is 0.329 e. The van der Waals surface area contributed by atoms with E-state index in [4.69, 9.17) is 0 Å². The summed E-state index contributed by atoms with van der Waals surface area (Å²) in [6.45, 7) is 2.35. The molecule has 2 atom stereocenters. The predicted octanol–water partition coefficient (Wildman–Crippen LogP) is 5.53. The van der Waals surface area contributed by atoms with Gasteiger partial charge < -0.3 is 19.3 Å². The molecule has 0 saturated carbocycles. The number of nitrogens with one attached hydrogen (secondary N) is 2. The van der Waals surface area contributed by atoms with Crippen LogP contribution in [0.25, 0.3) is 22.0 Å². The second-order valence-electron chi connectivity index (χ2n) is 18.2. The lowest BCUT2D eigenvalue weighted by Gasteiger charge is -2.40. The van der Waals surface area contributed by atoms with E-state index in [1.165, 1.54) is 32.1 Å². The van der Waals surface area contributed by atoms with Crippen molar-refractivity contribution in [2.75, 3.05) is 67.5 Å². The highest BCUT2D eigenvalue weighted by atomic mass is 32.1. The average molecular weight is 961 g/mol. The number of piperidine rings is 1. The normalized spacial score (nSPS) is 19.8. The predicted molar refractivity (Wildman–Crippen MR) is 249 cm³/mol. The molecule has 356 valence electrons. The standard InChI is InChI=1S/C48H47F3N12O5S/c1-57-38-23-29(6-9-32(38)43(56-57)62-15-11-39(64)54-47(62)68)35-10-14-58(26-48(35,50)51)25-40(65)60-18-16-59(17-19-60)31-7-4-28(5-8-31)30-21-33-34(36(49)22-30)24-63(45(33)67)42(44(66)55-46-52-12-20-69-46)41-37-3-2-13-61(37)27-53-41/h4-9,12,20-23,27,35,42H,2-3,10-11,13-19,24-26H2,1H3,(H,52,55,66)(H,54,64,68)/t35-,42?/m0/s1. The summed E-state index contributed by atoms with van der Waals surface area (Å²) in [5.74, 6) is -5.88. The largest absolute Gasteiger partial charge is 0.368 e. The van der Waals surface area contributed by atoms with Gasteiger partial charge in [-0.1, -0.05) is 18.2 Å². The Kier molecular flexibility index (Phi) is 11.2. The average Bonchev–Trinajstić information content (AvgIpc) is 4.19. The summed E-state index contributed by atoms with van der Waals surface area (Å²) in [6.07, 6.45) is 5.15. The van der Waals surface area contributed by atoms with E-state index in [2.05, 4.69) is 30.6 Å². The van der Waals surface area contributed by atoms with Crippen molar-refractivity contribution < 1.29 is 37.1 Å². The van der Waals surface area contributed by atoms with Gasteiger partial charge in [0.2, 0.25) is 11.8 Å². The molecule has 3 saturated heterocycles. The highest BCUT2D eigenvalue weighted by Gasteiger charge is 2.46. The summed E-state index contributed by atoms with van der Waals surface area (Å²) in [4.78, 5) is 82.6. The van der Waals surface area contributed by atoms with Crippen molar-refractivity contribution in [1.29, 1.82) is 0 Å². The van der Waals surface area contributed by atoms with Crippen LogP contribution in [0.2, 0.25) is 0 Å². The number of nitrogens with zero attached hydrogens (tertiary/aromatic N) is 10. The van der Waals surface area contributed by atoms with E-state index < -0.39 is 48.1 Å². The lowest BCUT2D eigenvalue weighted by molar-refractivity contribution is -0.136. The van der Waals surface area contributed by atoms with Crippen LogP contribution < -0.4 is 20.4 Å². The van der Waals surface area contributed by atoms with Gasteiger partial charge in [0.15, 0.2) is 17.0 Å². The number of imidazole rings is 1. The van der Waals surface area contributed by atoms with Gasteiger partial charge in [-0.2, -0.15) is 5.10 Å². The number of amides is 6. The van der Waals surface area contributed by atoms with Gasteiger partial charge in [-0.25, -0.2) is 27.9 Å². The van der Waals surface area contributed by atoms with Crippen LogP contribution in [0.1, 0.15) is 64.1 Å². The van der Waals surface area contributed by atoms with Crippen LogP contribution in [0.5, 0.6) is 0 Å². The number of aryl methyl sites for hydroxylation is 2. The Hall–Kier alpha value is -7.13. The number of imide groups is 1. The van der Waals surface area contributed by atoms with E-state index in [9.17, 15) is 24.0 Å². The number of hydrogen-bond donors (Lipinski definition) is 2.